The van der Waals surface area contributed by atoms with E-state index in [1.807, 2.05) is 0 Å². The summed E-state index contributed by atoms with van der Waals surface area (Å²) in [6.07, 6.45) is 1.36. The quantitative estimate of drug-likeness (QED) is 0.383. The fourth-order valence-corrected chi connectivity index (χ4v) is 5.78. The van der Waals surface area contributed by atoms with Crippen molar-refractivity contribution in [2.75, 3.05) is 6.61 Å². The Morgan fingerprint density at radius 3 is 2.12 bits per heavy atom. The lowest BCUT2D eigenvalue weighted by Gasteiger charge is -2.40. The summed E-state index contributed by atoms with van der Waals surface area (Å²) in [4.78, 5) is 36.5. The van der Waals surface area contributed by atoms with Crippen LogP contribution in [0.15, 0.2) is 15.8 Å². The van der Waals surface area contributed by atoms with Crippen molar-refractivity contribution in [2.24, 2.45) is 0 Å². The Morgan fingerprint density at radius 1 is 1.06 bits per heavy atom. The van der Waals surface area contributed by atoms with E-state index in [1.54, 1.807) is 6.92 Å². The first-order valence-electron chi connectivity index (χ1n) is 12.1. The Balaban J connectivity index is 2.42. The second kappa shape index (κ2) is 9.96. The molecular formula is C24H44N2O6Si2. The zero-order valence-electron chi connectivity index (χ0n) is 22.9. The smallest absolute Gasteiger partial charge is 0.333 e. The highest BCUT2D eigenvalue weighted by Crippen LogP contribution is 2.42. The molecule has 1 aliphatic heterocycles. The SMILES string of the molecule is Cc1cn([C@H]2C[C@H](O[Si](C)(C)C(C)(C)C)[C@@H](CO[Si](C)(C)C(C)(C)C)O2)c(=O)n(CC=O)c1=O. The van der Waals surface area contributed by atoms with Gasteiger partial charge in [-0.25, -0.2) is 4.79 Å². The molecule has 0 spiro atoms. The number of aryl methyl sites for hydroxylation is 1. The van der Waals surface area contributed by atoms with Crippen molar-refractivity contribution < 1.29 is 18.4 Å². The van der Waals surface area contributed by atoms with E-state index in [9.17, 15) is 14.4 Å². The topological polar surface area (TPSA) is 88.8 Å². The number of nitrogens with zero attached hydrogens (tertiary/aromatic N) is 2. The van der Waals surface area contributed by atoms with E-state index in [4.69, 9.17) is 13.6 Å². The number of aromatic nitrogens is 2. The Bertz CT molecular complexity index is 1000. The average Bonchev–Trinajstić information content (AvgIpc) is 3.06. The zero-order chi connectivity index (χ0) is 26.3. The molecule has 34 heavy (non-hydrogen) atoms. The molecule has 1 saturated heterocycles. The van der Waals surface area contributed by atoms with Crippen LogP contribution in [0.25, 0.3) is 0 Å². The highest BCUT2D eigenvalue weighted by Gasteiger charge is 2.46. The van der Waals surface area contributed by atoms with Crippen LogP contribution in [0, 0.1) is 6.92 Å². The molecule has 10 heteroatoms. The van der Waals surface area contributed by atoms with Crippen LogP contribution in [0.2, 0.25) is 36.3 Å². The molecule has 1 fully saturated rings. The molecule has 2 rings (SSSR count). The molecule has 1 aromatic rings. The molecule has 0 N–H and O–H groups in total. The van der Waals surface area contributed by atoms with E-state index in [1.165, 1.54) is 10.8 Å². The van der Waals surface area contributed by atoms with Crippen molar-refractivity contribution in [3.63, 3.8) is 0 Å². The van der Waals surface area contributed by atoms with Gasteiger partial charge in [0.15, 0.2) is 16.6 Å². The maximum atomic E-state index is 13.1. The summed E-state index contributed by atoms with van der Waals surface area (Å²) in [5.74, 6) is 0. The van der Waals surface area contributed by atoms with Gasteiger partial charge < -0.3 is 18.4 Å². The lowest BCUT2D eigenvalue weighted by atomic mass is 10.2. The fraction of sp³-hybridized carbons (Fsp3) is 0.792. The van der Waals surface area contributed by atoms with Gasteiger partial charge in [0.25, 0.3) is 5.56 Å². The minimum absolute atomic E-state index is 0.0144. The molecule has 1 aromatic heterocycles. The standard InChI is InChI=1S/C24H44N2O6Si2/c1-17-15-26(22(29)25(12-13-27)21(17)28)20-14-18(32-34(10,11)24(5,6)7)19(31-20)16-30-33(8,9)23(2,3)4/h13,15,18-20H,12,14,16H2,1-11H3/t18-,19+,20+/m0/s1. The molecule has 2 heterocycles. The number of carbonyl (C=O) groups excluding carboxylic acids is 1. The van der Waals surface area contributed by atoms with Gasteiger partial charge in [0.2, 0.25) is 0 Å². The fourth-order valence-electron chi connectivity index (χ4n) is 3.41. The number of ether oxygens (including phenoxy) is 1. The Kier molecular flexibility index (Phi) is 8.47. The van der Waals surface area contributed by atoms with Crippen molar-refractivity contribution in [3.8, 4) is 0 Å². The van der Waals surface area contributed by atoms with E-state index in [0.29, 0.717) is 24.9 Å². The summed E-state index contributed by atoms with van der Waals surface area (Å²) in [5, 5.41) is 0.0692. The lowest BCUT2D eigenvalue weighted by molar-refractivity contribution is -0.108. The summed E-state index contributed by atoms with van der Waals surface area (Å²) < 4.78 is 22.0. The Hall–Kier alpha value is -1.34. The van der Waals surface area contributed by atoms with Gasteiger partial charge in [-0.3, -0.25) is 13.9 Å². The molecule has 0 saturated carbocycles. The summed E-state index contributed by atoms with van der Waals surface area (Å²) in [7, 11) is -4.15. The normalized spacial score (nSPS) is 22.3. The van der Waals surface area contributed by atoms with Crippen LogP contribution in [0.4, 0.5) is 0 Å². The maximum absolute atomic E-state index is 13.1. The number of aldehydes is 1. The monoisotopic (exact) mass is 512 g/mol. The predicted octanol–water partition coefficient (Wildman–Crippen LogP) is 4.22. The summed E-state index contributed by atoms with van der Waals surface area (Å²) in [5.41, 5.74) is -0.629. The minimum atomic E-state index is -2.12. The molecule has 3 atom stereocenters. The molecule has 0 bridgehead atoms. The second-order valence-electron chi connectivity index (χ2n) is 12.4. The zero-order valence-corrected chi connectivity index (χ0v) is 24.9. The second-order valence-corrected chi connectivity index (χ2v) is 22.0. The van der Waals surface area contributed by atoms with Gasteiger partial charge in [0.05, 0.1) is 19.3 Å². The Labute approximate surface area is 205 Å². The molecule has 0 aliphatic carbocycles. The van der Waals surface area contributed by atoms with Crippen LogP contribution < -0.4 is 11.2 Å². The molecule has 8 nitrogen and oxygen atoms in total. The molecule has 1 aliphatic rings. The van der Waals surface area contributed by atoms with Crippen molar-refractivity contribution >= 4 is 22.9 Å². The van der Waals surface area contributed by atoms with Gasteiger partial charge >= 0.3 is 5.69 Å². The number of rotatable bonds is 8. The first kappa shape index (κ1) is 28.9. The predicted molar refractivity (Wildman–Crippen MR) is 140 cm³/mol. The third kappa shape index (κ3) is 6.07. The van der Waals surface area contributed by atoms with E-state index in [2.05, 4.69) is 67.7 Å². The van der Waals surface area contributed by atoms with Gasteiger partial charge in [-0.05, 0) is 43.2 Å². The van der Waals surface area contributed by atoms with Crippen molar-refractivity contribution in [3.05, 3.63) is 32.6 Å². The number of carbonyl (C=O) groups is 1. The van der Waals surface area contributed by atoms with Crippen molar-refractivity contribution in [2.45, 2.75) is 116 Å². The van der Waals surface area contributed by atoms with E-state index in [-0.39, 0.29) is 28.8 Å². The van der Waals surface area contributed by atoms with Crippen LogP contribution in [0.3, 0.4) is 0 Å². The molecule has 0 unspecified atom stereocenters. The third-order valence-corrected chi connectivity index (χ3v) is 16.8. The first-order valence-corrected chi connectivity index (χ1v) is 17.9. The van der Waals surface area contributed by atoms with E-state index in [0.717, 1.165) is 4.57 Å². The van der Waals surface area contributed by atoms with E-state index >= 15 is 0 Å². The number of hydrogen-bond donors (Lipinski definition) is 0. The summed E-state index contributed by atoms with van der Waals surface area (Å²) in [6.45, 7) is 23.7. The molecule has 0 amide bonds. The van der Waals surface area contributed by atoms with E-state index < -0.39 is 34.1 Å². The number of hydrogen-bond acceptors (Lipinski definition) is 6. The molecular weight excluding hydrogens is 468 g/mol. The lowest BCUT2D eigenvalue weighted by Crippen LogP contribution is -2.48. The van der Waals surface area contributed by atoms with Crippen LogP contribution >= 0.6 is 0 Å². The van der Waals surface area contributed by atoms with Crippen LogP contribution in [0.1, 0.15) is 59.8 Å². The maximum Gasteiger partial charge on any atom is 0.333 e. The average molecular weight is 513 g/mol. The van der Waals surface area contributed by atoms with Gasteiger partial charge in [0.1, 0.15) is 18.6 Å². The van der Waals surface area contributed by atoms with Gasteiger partial charge in [-0.15, -0.1) is 0 Å². The Morgan fingerprint density at radius 2 is 1.62 bits per heavy atom. The molecule has 0 aromatic carbocycles. The van der Waals surface area contributed by atoms with Crippen LogP contribution in [-0.4, -0.2) is 50.9 Å². The van der Waals surface area contributed by atoms with Crippen molar-refractivity contribution in [1.29, 1.82) is 0 Å². The minimum Gasteiger partial charge on any atom is -0.414 e. The summed E-state index contributed by atoms with van der Waals surface area (Å²) in [6, 6.07) is 0. The van der Waals surface area contributed by atoms with Crippen LogP contribution in [0.5, 0.6) is 0 Å². The molecule has 194 valence electrons. The molecule has 0 radical (unpaired) electrons. The first-order chi connectivity index (χ1) is 15.3. The highest BCUT2D eigenvalue weighted by atomic mass is 28.4. The van der Waals surface area contributed by atoms with Gasteiger partial charge in [0, 0.05) is 18.2 Å². The third-order valence-electron chi connectivity index (χ3n) is 7.78. The largest absolute Gasteiger partial charge is 0.414 e. The van der Waals surface area contributed by atoms with Gasteiger partial charge in [-0.1, -0.05) is 41.5 Å². The summed E-state index contributed by atoms with van der Waals surface area (Å²) >= 11 is 0. The van der Waals surface area contributed by atoms with Crippen LogP contribution in [-0.2, 0) is 24.9 Å². The van der Waals surface area contributed by atoms with Gasteiger partial charge in [-0.2, -0.15) is 0 Å². The highest BCUT2D eigenvalue weighted by molar-refractivity contribution is 6.74. The van der Waals surface area contributed by atoms with Crippen molar-refractivity contribution in [1.82, 2.24) is 9.13 Å².